The highest BCUT2D eigenvalue weighted by molar-refractivity contribution is 7.11. The zero-order valence-corrected chi connectivity index (χ0v) is 9.25. The lowest BCUT2D eigenvalue weighted by Gasteiger charge is -1.98. The van der Waals surface area contributed by atoms with Crippen molar-refractivity contribution < 1.29 is 5.11 Å². The summed E-state index contributed by atoms with van der Waals surface area (Å²) < 4.78 is 0. The summed E-state index contributed by atoms with van der Waals surface area (Å²) >= 11 is 1.71. The Labute approximate surface area is 88.6 Å². The number of nitrogens with zero attached hydrogens (tertiary/aromatic N) is 1. The van der Waals surface area contributed by atoms with Crippen LogP contribution in [-0.4, -0.2) is 23.2 Å². The van der Waals surface area contributed by atoms with Gasteiger partial charge in [-0.05, 0) is 19.9 Å². The van der Waals surface area contributed by atoms with Crippen molar-refractivity contribution in [2.75, 3.05) is 13.2 Å². The average Bonchev–Trinajstić information content (AvgIpc) is 2.45. The first-order valence-electron chi connectivity index (χ1n) is 4.06. The van der Waals surface area contributed by atoms with Crippen LogP contribution in [0.2, 0.25) is 0 Å². The second-order valence-electron chi connectivity index (χ2n) is 2.62. The molecule has 1 aromatic rings. The minimum atomic E-state index is 0. The molecular weight excluding hydrogens is 208 g/mol. The Morgan fingerprint density at radius 2 is 2.38 bits per heavy atom. The van der Waals surface area contributed by atoms with Crippen LogP contribution in [0.15, 0.2) is 6.20 Å². The van der Waals surface area contributed by atoms with E-state index in [1.165, 1.54) is 4.88 Å². The summed E-state index contributed by atoms with van der Waals surface area (Å²) in [4.78, 5) is 5.45. The van der Waals surface area contributed by atoms with Crippen molar-refractivity contribution >= 4 is 23.7 Å². The van der Waals surface area contributed by atoms with Crippen molar-refractivity contribution in [3.63, 3.8) is 0 Å². The number of thiazole rings is 1. The highest BCUT2D eigenvalue weighted by atomic mass is 35.5. The highest BCUT2D eigenvalue weighted by Gasteiger charge is 1.96. The Hall–Kier alpha value is -0.160. The van der Waals surface area contributed by atoms with Gasteiger partial charge in [0.05, 0.1) is 0 Å². The SMILES string of the molecule is Cc1cnc(CNCCCO)s1.Cl. The summed E-state index contributed by atoms with van der Waals surface area (Å²) in [6.45, 7) is 3.98. The van der Waals surface area contributed by atoms with Crippen molar-refractivity contribution in [1.29, 1.82) is 0 Å². The third kappa shape index (κ3) is 5.21. The second kappa shape index (κ2) is 7.26. The van der Waals surface area contributed by atoms with Crippen LogP contribution in [0.1, 0.15) is 16.3 Å². The zero-order valence-electron chi connectivity index (χ0n) is 7.62. The maximum Gasteiger partial charge on any atom is 0.107 e. The molecule has 0 aliphatic rings. The minimum absolute atomic E-state index is 0. The molecule has 0 aromatic carbocycles. The fraction of sp³-hybridized carbons (Fsp3) is 0.625. The van der Waals surface area contributed by atoms with Crippen LogP contribution in [-0.2, 0) is 6.54 Å². The third-order valence-electron chi connectivity index (χ3n) is 1.46. The fourth-order valence-electron chi connectivity index (χ4n) is 0.883. The quantitative estimate of drug-likeness (QED) is 0.740. The number of aliphatic hydroxyl groups is 1. The molecule has 0 bridgehead atoms. The summed E-state index contributed by atoms with van der Waals surface area (Å²) in [6, 6.07) is 0. The molecule has 0 saturated carbocycles. The van der Waals surface area contributed by atoms with Gasteiger partial charge in [-0.1, -0.05) is 0 Å². The molecule has 0 fully saturated rings. The van der Waals surface area contributed by atoms with Crippen LogP contribution in [0.25, 0.3) is 0 Å². The van der Waals surface area contributed by atoms with Gasteiger partial charge in [-0.15, -0.1) is 23.7 Å². The fourth-order valence-corrected chi connectivity index (χ4v) is 1.64. The van der Waals surface area contributed by atoms with E-state index in [1.807, 2.05) is 6.20 Å². The molecular formula is C8H15ClN2OS. The Bertz CT molecular complexity index is 230. The second-order valence-corrected chi connectivity index (χ2v) is 3.94. The lowest BCUT2D eigenvalue weighted by atomic mass is 10.4. The molecule has 0 unspecified atom stereocenters. The van der Waals surface area contributed by atoms with Crippen molar-refractivity contribution in [2.45, 2.75) is 19.9 Å². The van der Waals surface area contributed by atoms with Gasteiger partial charge < -0.3 is 10.4 Å². The first kappa shape index (κ1) is 12.8. The summed E-state index contributed by atoms with van der Waals surface area (Å²) in [7, 11) is 0. The Kier molecular flexibility index (Phi) is 7.17. The molecule has 0 spiro atoms. The van der Waals surface area contributed by atoms with Crippen molar-refractivity contribution in [2.24, 2.45) is 0 Å². The lowest BCUT2D eigenvalue weighted by molar-refractivity contribution is 0.286. The predicted molar refractivity (Wildman–Crippen MR) is 57.5 cm³/mol. The molecule has 0 atom stereocenters. The number of nitrogens with one attached hydrogen (secondary N) is 1. The molecule has 76 valence electrons. The predicted octanol–water partition coefficient (Wildman–Crippen LogP) is 1.35. The molecule has 1 aromatic heterocycles. The first-order chi connectivity index (χ1) is 5.83. The lowest BCUT2D eigenvalue weighted by Crippen LogP contribution is -2.15. The number of aliphatic hydroxyl groups excluding tert-OH is 1. The van der Waals surface area contributed by atoms with Gasteiger partial charge in [0.2, 0.25) is 0 Å². The average molecular weight is 223 g/mol. The van der Waals surface area contributed by atoms with E-state index in [9.17, 15) is 0 Å². The Morgan fingerprint density at radius 3 is 2.92 bits per heavy atom. The van der Waals surface area contributed by atoms with Gasteiger partial charge in [0, 0.05) is 24.2 Å². The van der Waals surface area contributed by atoms with Gasteiger partial charge in [-0.2, -0.15) is 0 Å². The standard InChI is InChI=1S/C8H14N2OS.ClH/c1-7-5-10-8(12-7)6-9-3-2-4-11;/h5,9,11H,2-4,6H2,1H3;1H. The molecule has 0 aliphatic carbocycles. The number of aromatic nitrogens is 1. The van der Waals surface area contributed by atoms with E-state index in [0.29, 0.717) is 0 Å². The monoisotopic (exact) mass is 222 g/mol. The Balaban J connectivity index is 0.00000144. The normalized spacial score (nSPS) is 9.69. The van der Waals surface area contributed by atoms with Crippen LogP contribution >= 0.6 is 23.7 Å². The van der Waals surface area contributed by atoms with Crippen molar-refractivity contribution in [3.05, 3.63) is 16.1 Å². The molecule has 1 heterocycles. The molecule has 0 radical (unpaired) electrons. The number of hydrogen-bond donors (Lipinski definition) is 2. The number of halogens is 1. The van der Waals surface area contributed by atoms with Gasteiger partial charge >= 0.3 is 0 Å². The Morgan fingerprint density at radius 1 is 1.62 bits per heavy atom. The number of rotatable bonds is 5. The van der Waals surface area contributed by atoms with Crippen LogP contribution < -0.4 is 5.32 Å². The molecule has 2 N–H and O–H groups in total. The van der Waals surface area contributed by atoms with E-state index in [1.54, 1.807) is 11.3 Å². The van der Waals surface area contributed by atoms with Gasteiger partial charge in [-0.25, -0.2) is 4.98 Å². The number of aryl methyl sites for hydroxylation is 1. The van der Waals surface area contributed by atoms with Gasteiger partial charge in [0.25, 0.3) is 0 Å². The summed E-state index contributed by atoms with van der Waals surface area (Å²) in [5.41, 5.74) is 0. The van der Waals surface area contributed by atoms with Crippen LogP contribution in [0.5, 0.6) is 0 Å². The summed E-state index contributed by atoms with van der Waals surface area (Å²) in [5, 5.41) is 12.8. The van der Waals surface area contributed by atoms with Crippen LogP contribution in [0.4, 0.5) is 0 Å². The molecule has 0 amide bonds. The van der Waals surface area contributed by atoms with Gasteiger partial charge in [0.15, 0.2) is 0 Å². The zero-order chi connectivity index (χ0) is 8.81. The van der Waals surface area contributed by atoms with E-state index in [0.717, 1.165) is 24.5 Å². The summed E-state index contributed by atoms with van der Waals surface area (Å²) in [5.74, 6) is 0. The van der Waals surface area contributed by atoms with Crippen molar-refractivity contribution in [1.82, 2.24) is 10.3 Å². The number of hydrogen-bond acceptors (Lipinski definition) is 4. The van der Waals surface area contributed by atoms with Gasteiger partial charge in [0.1, 0.15) is 5.01 Å². The molecule has 13 heavy (non-hydrogen) atoms. The van der Waals surface area contributed by atoms with E-state index >= 15 is 0 Å². The maximum absolute atomic E-state index is 8.51. The topological polar surface area (TPSA) is 45.2 Å². The van der Waals surface area contributed by atoms with E-state index in [-0.39, 0.29) is 19.0 Å². The van der Waals surface area contributed by atoms with Crippen LogP contribution in [0, 0.1) is 6.92 Å². The van der Waals surface area contributed by atoms with E-state index < -0.39 is 0 Å². The molecule has 0 saturated heterocycles. The smallest absolute Gasteiger partial charge is 0.107 e. The molecule has 1 rings (SSSR count). The van der Waals surface area contributed by atoms with E-state index in [2.05, 4.69) is 17.2 Å². The maximum atomic E-state index is 8.51. The van der Waals surface area contributed by atoms with Crippen LogP contribution in [0.3, 0.4) is 0 Å². The molecule has 3 nitrogen and oxygen atoms in total. The van der Waals surface area contributed by atoms with Crippen molar-refractivity contribution in [3.8, 4) is 0 Å². The van der Waals surface area contributed by atoms with E-state index in [4.69, 9.17) is 5.11 Å². The highest BCUT2D eigenvalue weighted by Crippen LogP contribution is 2.10. The largest absolute Gasteiger partial charge is 0.396 e. The molecule has 0 aliphatic heterocycles. The minimum Gasteiger partial charge on any atom is -0.396 e. The first-order valence-corrected chi connectivity index (χ1v) is 4.87. The molecule has 5 heteroatoms. The van der Waals surface area contributed by atoms with Gasteiger partial charge in [-0.3, -0.25) is 0 Å². The summed E-state index contributed by atoms with van der Waals surface area (Å²) in [6.07, 6.45) is 2.69. The third-order valence-corrected chi connectivity index (χ3v) is 2.37.